The number of amides is 3. The van der Waals surface area contributed by atoms with Crippen LogP contribution in [-0.2, 0) is 14.4 Å². The third-order valence-corrected chi connectivity index (χ3v) is 4.59. The van der Waals surface area contributed by atoms with Crippen LogP contribution in [0.2, 0.25) is 5.02 Å². The summed E-state index contributed by atoms with van der Waals surface area (Å²) in [5, 5.41) is 42.8. The lowest BCUT2D eigenvalue weighted by Crippen LogP contribution is -2.51. The molecule has 0 aromatic heterocycles. The van der Waals surface area contributed by atoms with Crippen molar-refractivity contribution in [2.45, 2.75) is 37.8 Å². The van der Waals surface area contributed by atoms with Gasteiger partial charge >= 0.3 is 5.97 Å². The van der Waals surface area contributed by atoms with E-state index in [2.05, 4.69) is 10.6 Å². The molecule has 0 heterocycles. The topological polar surface area (TPSA) is 203 Å². The summed E-state index contributed by atoms with van der Waals surface area (Å²) >= 11 is 5.66. The summed E-state index contributed by atoms with van der Waals surface area (Å²) < 4.78 is 0. The van der Waals surface area contributed by atoms with Crippen LogP contribution in [-0.4, -0.2) is 75.0 Å². The molecule has 3 amide bonds. The third kappa shape index (κ3) is 7.92. The number of phenols is 2. The average Bonchev–Trinajstić information content (AvgIpc) is 2.73. The summed E-state index contributed by atoms with van der Waals surface area (Å²) in [4.78, 5) is 46.9. The number of carboxylic acids is 1. The van der Waals surface area contributed by atoms with Gasteiger partial charge in [0, 0.05) is 6.54 Å². The number of hydroxylamine groups is 2. The zero-order chi connectivity index (χ0) is 23.6. The summed E-state index contributed by atoms with van der Waals surface area (Å²) in [5.74, 6) is -4.50. The number of rotatable bonds is 13. The van der Waals surface area contributed by atoms with Crippen LogP contribution in [0, 0.1) is 0 Å². The molecule has 13 heteroatoms. The van der Waals surface area contributed by atoms with Gasteiger partial charge in [0.25, 0.3) is 5.91 Å². The van der Waals surface area contributed by atoms with E-state index in [1.807, 2.05) is 0 Å². The van der Waals surface area contributed by atoms with Gasteiger partial charge in [-0.25, -0.2) is 9.86 Å². The second-order valence-corrected chi connectivity index (χ2v) is 6.97. The van der Waals surface area contributed by atoms with Gasteiger partial charge in [-0.05, 0) is 44.4 Å². The Morgan fingerprint density at radius 2 is 1.74 bits per heavy atom. The number of aromatic hydroxyl groups is 2. The molecule has 0 aliphatic heterocycles. The fraction of sp³-hybridized carbons (Fsp3) is 0.444. The molecule has 31 heavy (non-hydrogen) atoms. The molecule has 1 aromatic carbocycles. The van der Waals surface area contributed by atoms with Gasteiger partial charge in [0.2, 0.25) is 12.3 Å². The van der Waals surface area contributed by atoms with E-state index in [1.54, 1.807) is 0 Å². The van der Waals surface area contributed by atoms with Gasteiger partial charge in [-0.1, -0.05) is 11.6 Å². The predicted molar refractivity (Wildman–Crippen MR) is 108 cm³/mol. The number of halogens is 1. The van der Waals surface area contributed by atoms with Gasteiger partial charge < -0.3 is 31.7 Å². The molecule has 0 unspecified atom stereocenters. The predicted octanol–water partition coefficient (Wildman–Crippen LogP) is -0.214. The van der Waals surface area contributed by atoms with E-state index in [0.29, 0.717) is 11.5 Å². The average molecular weight is 461 g/mol. The van der Waals surface area contributed by atoms with Crippen LogP contribution >= 0.6 is 11.6 Å². The molecule has 0 spiro atoms. The second-order valence-electron chi connectivity index (χ2n) is 6.56. The fourth-order valence-corrected chi connectivity index (χ4v) is 2.76. The van der Waals surface area contributed by atoms with E-state index in [0.717, 1.165) is 6.07 Å². The number of aliphatic carboxylic acids is 1. The highest BCUT2D eigenvalue weighted by atomic mass is 35.5. The summed E-state index contributed by atoms with van der Waals surface area (Å²) in [5.41, 5.74) is 5.12. The van der Waals surface area contributed by atoms with Crippen LogP contribution in [0.25, 0.3) is 0 Å². The summed E-state index contributed by atoms with van der Waals surface area (Å²) in [6.07, 6.45) is 0.569. The molecule has 1 rings (SSSR count). The number of carbonyl (C=O) groups is 4. The van der Waals surface area contributed by atoms with Crippen molar-refractivity contribution in [1.29, 1.82) is 0 Å². The Labute approximate surface area is 182 Å². The lowest BCUT2D eigenvalue weighted by Gasteiger charge is -2.22. The Hall–Kier alpha value is -3.09. The number of nitrogens with one attached hydrogen (secondary N) is 2. The number of hydrogen-bond donors (Lipinski definition) is 7. The van der Waals surface area contributed by atoms with Crippen molar-refractivity contribution < 1.29 is 39.7 Å². The first kappa shape index (κ1) is 25.9. The molecule has 0 aliphatic rings. The molecule has 0 aliphatic carbocycles. The van der Waals surface area contributed by atoms with E-state index < -0.39 is 41.4 Å². The van der Waals surface area contributed by atoms with Gasteiger partial charge in [-0.2, -0.15) is 0 Å². The smallest absolute Gasteiger partial charge is 0.326 e. The molecule has 1 aromatic rings. The lowest BCUT2D eigenvalue weighted by atomic mass is 10.1. The number of phenolic OH excluding ortho intramolecular Hbond substituents is 2. The quantitative estimate of drug-likeness (QED) is 0.0898. The fourth-order valence-electron chi connectivity index (χ4n) is 2.60. The van der Waals surface area contributed by atoms with Gasteiger partial charge in [-0.15, -0.1) is 0 Å². The van der Waals surface area contributed by atoms with Crippen molar-refractivity contribution in [3.63, 3.8) is 0 Å². The summed E-state index contributed by atoms with van der Waals surface area (Å²) in [6, 6.07) is -0.180. The van der Waals surface area contributed by atoms with Crippen molar-refractivity contribution >= 4 is 35.8 Å². The van der Waals surface area contributed by atoms with E-state index in [1.165, 1.54) is 6.07 Å². The highest BCUT2D eigenvalue weighted by molar-refractivity contribution is 6.32. The van der Waals surface area contributed by atoms with Crippen molar-refractivity contribution in [3.8, 4) is 11.5 Å². The minimum absolute atomic E-state index is 0.0797. The van der Waals surface area contributed by atoms with E-state index in [4.69, 9.17) is 22.5 Å². The third-order valence-electron chi connectivity index (χ3n) is 4.28. The standard InChI is InChI=1S/C18H25ClN4O8/c19-11-6-5-10(14(25)15(11)26)16(27)21-12(3-1-7-20)17(28)22-13(18(29)30)4-2-8-23(31)9-24/h5-6,9,12-13,25-26,31H,1-4,7-8,20H2,(H,21,27)(H,22,28)(H,29,30)/t12-,13-/m1/s1. The zero-order valence-corrected chi connectivity index (χ0v) is 17.2. The monoisotopic (exact) mass is 460 g/mol. The minimum atomic E-state index is -1.34. The minimum Gasteiger partial charge on any atom is -0.504 e. The van der Waals surface area contributed by atoms with Gasteiger partial charge in [0.1, 0.15) is 12.1 Å². The lowest BCUT2D eigenvalue weighted by molar-refractivity contribution is -0.150. The second kappa shape index (κ2) is 12.6. The van der Waals surface area contributed by atoms with Crippen molar-refractivity contribution in [3.05, 3.63) is 22.7 Å². The van der Waals surface area contributed by atoms with Gasteiger partial charge in [-0.3, -0.25) is 19.6 Å². The maximum atomic E-state index is 12.6. The van der Waals surface area contributed by atoms with Crippen LogP contribution in [0.3, 0.4) is 0 Å². The maximum Gasteiger partial charge on any atom is 0.326 e. The number of nitrogens with two attached hydrogens (primary N) is 1. The molecular formula is C18H25ClN4O8. The van der Waals surface area contributed by atoms with Crippen molar-refractivity contribution in [2.75, 3.05) is 13.1 Å². The summed E-state index contributed by atoms with van der Waals surface area (Å²) in [6.45, 7) is 0.0723. The van der Waals surface area contributed by atoms with E-state index in [-0.39, 0.29) is 49.3 Å². The molecule has 2 atom stereocenters. The van der Waals surface area contributed by atoms with Crippen LogP contribution in [0.5, 0.6) is 11.5 Å². The Balaban J connectivity index is 2.90. The molecule has 8 N–H and O–H groups in total. The molecule has 12 nitrogen and oxygen atoms in total. The number of benzene rings is 1. The first-order valence-corrected chi connectivity index (χ1v) is 9.65. The molecule has 0 fully saturated rings. The Morgan fingerprint density at radius 1 is 1.10 bits per heavy atom. The number of carbonyl (C=O) groups excluding carboxylic acids is 3. The number of nitrogens with zero attached hydrogens (tertiary/aromatic N) is 1. The largest absolute Gasteiger partial charge is 0.504 e. The molecular weight excluding hydrogens is 436 g/mol. The Bertz CT molecular complexity index is 807. The van der Waals surface area contributed by atoms with Gasteiger partial charge in [0.05, 0.1) is 10.6 Å². The first-order chi connectivity index (χ1) is 14.6. The molecule has 0 saturated carbocycles. The van der Waals surface area contributed by atoms with Crippen LogP contribution in [0.4, 0.5) is 0 Å². The summed E-state index contributed by atoms with van der Waals surface area (Å²) in [7, 11) is 0. The highest BCUT2D eigenvalue weighted by Gasteiger charge is 2.27. The van der Waals surface area contributed by atoms with Crippen LogP contribution in [0.1, 0.15) is 36.0 Å². The maximum absolute atomic E-state index is 12.6. The van der Waals surface area contributed by atoms with Crippen molar-refractivity contribution in [2.24, 2.45) is 5.73 Å². The highest BCUT2D eigenvalue weighted by Crippen LogP contribution is 2.35. The van der Waals surface area contributed by atoms with E-state index >= 15 is 0 Å². The van der Waals surface area contributed by atoms with Crippen molar-refractivity contribution in [1.82, 2.24) is 15.7 Å². The molecule has 0 radical (unpaired) electrons. The Kier molecular flexibility index (Phi) is 10.5. The van der Waals surface area contributed by atoms with E-state index in [9.17, 15) is 34.5 Å². The molecule has 0 bridgehead atoms. The van der Waals surface area contributed by atoms with Gasteiger partial charge in [0.15, 0.2) is 11.5 Å². The number of carboxylic acid groups (broad SMARTS) is 1. The SMILES string of the molecule is NCCC[C@@H](NC(=O)c1ccc(Cl)c(O)c1O)C(=O)N[C@H](CCCN(O)C=O)C(=O)O. The van der Waals surface area contributed by atoms with Crippen LogP contribution in [0.15, 0.2) is 12.1 Å². The zero-order valence-electron chi connectivity index (χ0n) is 16.5. The van der Waals surface area contributed by atoms with Crippen LogP contribution < -0.4 is 16.4 Å². The first-order valence-electron chi connectivity index (χ1n) is 9.27. The Morgan fingerprint density at radius 3 is 2.32 bits per heavy atom. The number of hydrogen-bond acceptors (Lipinski definition) is 8. The normalized spacial score (nSPS) is 12.5. The molecule has 0 saturated heterocycles. The molecule has 172 valence electrons.